The minimum absolute atomic E-state index is 0.260. The number of ether oxygens (including phenoxy) is 2. The Bertz CT molecular complexity index is 389. The van der Waals surface area contributed by atoms with Gasteiger partial charge in [-0.15, -0.1) is 0 Å². The summed E-state index contributed by atoms with van der Waals surface area (Å²) in [6, 6.07) is 9.02. The molecule has 0 saturated carbocycles. The Labute approximate surface area is 101 Å². The Morgan fingerprint density at radius 3 is 2.76 bits per heavy atom. The Morgan fingerprint density at radius 2 is 2.12 bits per heavy atom. The second-order valence-corrected chi connectivity index (χ2v) is 4.13. The van der Waals surface area contributed by atoms with Crippen molar-refractivity contribution in [3.05, 3.63) is 48.2 Å². The molecule has 0 aromatic heterocycles. The number of esters is 1. The van der Waals surface area contributed by atoms with E-state index in [9.17, 15) is 4.79 Å². The van der Waals surface area contributed by atoms with Gasteiger partial charge in [-0.05, 0) is 25.0 Å². The van der Waals surface area contributed by atoms with Crippen LogP contribution in [-0.4, -0.2) is 18.7 Å². The van der Waals surface area contributed by atoms with Gasteiger partial charge in [-0.3, -0.25) is 0 Å². The molecule has 1 heterocycles. The number of hydrogen-bond acceptors (Lipinski definition) is 3. The third-order valence-electron chi connectivity index (χ3n) is 2.70. The monoisotopic (exact) mass is 232 g/mol. The van der Waals surface area contributed by atoms with Crippen LogP contribution in [0.3, 0.4) is 0 Å². The van der Waals surface area contributed by atoms with Crippen LogP contribution in [0.15, 0.2) is 42.7 Å². The third kappa shape index (κ3) is 3.34. The van der Waals surface area contributed by atoms with Crippen molar-refractivity contribution in [2.24, 2.45) is 0 Å². The highest BCUT2D eigenvalue weighted by Gasteiger charge is 2.22. The van der Waals surface area contributed by atoms with Gasteiger partial charge in [-0.25, -0.2) is 4.79 Å². The van der Waals surface area contributed by atoms with Crippen LogP contribution in [0.1, 0.15) is 29.6 Å². The van der Waals surface area contributed by atoms with Gasteiger partial charge in [0.25, 0.3) is 0 Å². The maximum absolute atomic E-state index is 11.6. The van der Waals surface area contributed by atoms with E-state index in [1.165, 1.54) is 0 Å². The SMILES string of the molecule is C=C1CC(CCCOC(=O)c2ccccc2)O1. The first-order valence-electron chi connectivity index (χ1n) is 5.82. The summed E-state index contributed by atoms with van der Waals surface area (Å²) in [6.45, 7) is 4.14. The zero-order valence-electron chi connectivity index (χ0n) is 9.72. The Morgan fingerprint density at radius 1 is 1.41 bits per heavy atom. The van der Waals surface area contributed by atoms with Gasteiger partial charge in [0.1, 0.15) is 6.10 Å². The van der Waals surface area contributed by atoms with E-state index in [2.05, 4.69) is 6.58 Å². The molecule has 1 aromatic carbocycles. The third-order valence-corrected chi connectivity index (χ3v) is 2.70. The molecule has 1 unspecified atom stereocenters. The predicted octanol–water partition coefficient (Wildman–Crippen LogP) is 2.93. The molecule has 0 aliphatic carbocycles. The Hall–Kier alpha value is -1.77. The largest absolute Gasteiger partial charge is 0.495 e. The first-order chi connectivity index (χ1) is 8.25. The number of carbonyl (C=O) groups excluding carboxylic acids is 1. The number of rotatable bonds is 5. The molecule has 3 nitrogen and oxygen atoms in total. The topological polar surface area (TPSA) is 35.5 Å². The van der Waals surface area contributed by atoms with E-state index < -0.39 is 0 Å². The Balaban J connectivity index is 1.62. The minimum atomic E-state index is -0.260. The molecule has 0 bridgehead atoms. The summed E-state index contributed by atoms with van der Waals surface area (Å²) in [5.74, 6) is 0.598. The maximum Gasteiger partial charge on any atom is 0.338 e. The molecular formula is C14H16O3. The average molecular weight is 232 g/mol. The van der Waals surface area contributed by atoms with Gasteiger partial charge in [0.05, 0.1) is 17.9 Å². The second kappa shape index (κ2) is 5.53. The fourth-order valence-electron chi connectivity index (χ4n) is 1.77. The molecule has 17 heavy (non-hydrogen) atoms. The average Bonchev–Trinajstić information content (AvgIpc) is 2.32. The van der Waals surface area contributed by atoms with Crippen molar-refractivity contribution in [3.63, 3.8) is 0 Å². The van der Waals surface area contributed by atoms with Gasteiger partial charge in [0.2, 0.25) is 0 Å². The van der Waals surface area contributed by atoms with Gasteiger partial charge >= 0.3 is 5.97 Å². The molecule has 1 atom stereocenters. The van der Waals surface area contributed by atoms with Gasteiger partial charge in [0, 0.05) is 6.42 Å². The molecule has 0 radical (unpaired) electrons. The van der Waals surface area contributed by atoms with Crippen LogP contribution < -0.4 is 0 Å². The van der Waals surface area contributed by atoms with Crippen LogP contribution >= 0.6 is 0 Å². The van der Waals surface area contributed by atoms with E-state index in [0.29, 0.717) is 12.2 Å². The van der Waals surface area contributed by atoms with E-state index in [-0.39, 0.29) is 12.1 Å². The van der Waals surface area contributed by atoms with E-state index in [0.717, 1.165) is 25.0 Å². The molecule has 2 rings (SSSR count). The van der Waals surface area contributed by atoms with Crippen molar-refractivity contribution in [1.82, 2.24) is 0 Å². The van der Waals surface area contributed by atoms with Crippen LogP contribution in [0.4, 0.5) is 0 Å². The van der Waals surface area contributed by atoms with Crippen molar-refractivity contribution < 1.29 is 14.3 Å². The van der Waals surface area contributed by atoms with Crippen LogP contribution in [0.5, 0.6) is 0 Å². The fraction of sp³-hybridized carbons (Fsp3) is 0.357. The van der Waals surface area contributed by atoms with E-state index in [1.54, 1.807) is 12.1 Å². The zero-order chi connectivity index (χ0) is 12.1. The lowest BCUT2D eigenvalue weighted by Crippen LogP contribution is -2.24. The molecule has 0 spiro atoms. The molecule has 1 aliphatic heterocycles. The van der Waals surface area contributed by atoms with Crippen LogP contribution in [0.25, 0.3) is 0 Å². The summed E-state index contributed by atoms with van der Waals surface area (Å²) in [7, 11) is 0. The summed E-state index contributed by atoms with van der Waals surface area (Å²) in [6.07, 6.45) is 2.96. The van der Waals surface area contributed by atoms with Crippen molar-refractivity contribution in [3.8, 4) is 0 Å². The summed E-state index contributed by atoms with van der Waals surface area (Å²) in [5.41, 5.74) is 0.598. The zero-order valence-corrected chi connectivity index (χ0v) is 9.72. The molecular weight excluding hydrogens is 216 g/mol. The van der Waals surface area contributed by atoms with Crippen LogP contribution in [-0.2, 0) is 9.47 Å². The molecule has 1 saturated heterocycles. The van der Waals surface area contributed by atoms with Crippen molar-refractivity contribution >= 4 is 5.97 Å². The lowest BCUT2D eigenvalue weighted by atomic mass is 10.1. The highest BCUT2D eigenvalue weighted by Crippen LogP contribution is 2.25. The summed E-state index contributed by atoms with van der Waals surface area (Å²) in [4.78, 5) is 11.6. The highest BCUT2D eigenvalue weighted by atomic mass is 16.5. The number of carbonyl (C=O) groups is 1. The van der Waals surface area contributed by atoms with Crippen molar-refractivity contribution in [2.75, 3.05) is 6.61 Å². The molecule has 3 heteroatoms. The summed E-state index contributed by atoms with van der Waals surface area (Å²) < 4.78 is 10.5. The lowest BCUT2D eigenvalue weighted by Gasteiger charge is -2.29. The molecule has 0 amide bonds. The first kappa shape index (κ1) is 11.7. The Kier molecular flexibility index (Phi) is 3.81. The normalized spacial score (nSPS) is 18.1. The summed E-state index contributed by atoms with van der Waals surface area (Å²) in [5, 5.41) is 0. The summed E-state index contributed by atoms with van der Waals surface area (Å²) >= 11 is 0. The molecule has 90 valence electrons. The van der Waals surface area contributed by atoms with Gasteiger partial charge < -0.3 is 9.47 Å². The lowest BCUT2D eigenvalue weighted by molar-refractivity contribution is 0.00817. The van der Waals surface area contributed by atoms with E-state index >= 15 is 0 Å². The van der Waals surface area contributed by atoms with E-state index in [4.69, 9.17) is 9.47 Å². The molecule has 1 aromatic rings. The van der Waals surface area contributed by atoms with Gasteiger partial charge in [0.15, 0.2) is 0 Å². The number of hydrogen-bond donors (Lipinski definition) is 0. The smallest absolute Gasteiger partial charge is 0.338 e. The molecule has 1 aliphatic rings. The van der Waals surface area contributed by atoms with Gasteiger partial charge in [-0.2, -0.15) is 0 Å². The highest BCUT2D eigenvalue weighted by molar-refractivity contribution is 5.89. The van der Waals surface area contributed by atoms with E-state index in [1.807, 2.05) is 18.2 Å². The molecule has 1 fully saturated rings. The standard InChI is InChI=1S/C14H16O3/c1-11-10-13(17-11)8-5-9-16-14(15)12-6-3-2-4-7-12/h2-4,6-7,13H,1,5,8-10H2. The fourth-order valence-corrected chi connectivity index (χ4v) is 1.77. The maximum atomic E-state index is 11.6. The first-order valence-corrected chi connectivity index (χ1v) is 5.82. The van der Waals surface area contributed by atoms with Crippen molar-refractivity contribution in [2.45, 2.75) is 25.4 Å². The number of benzene rings is 1. The molecule has 0 N–H and O–H groups in total. The van der Waals surface area contributed by atoms with Crippen molar-refractivity contribution in [1.29, 1.82) is 0 Å². The van der Waals surface area contributed by atoms with Gasteiger partial charge in [-0.1, -0.05) is 24.8 Å². The van der Waals surface area contributed by atoms with Crippen LogP contribution in [0.2, 0.25) is 0 Å². The quantitative estimate of drug-likeness (QED) is 0.578. The minimum Gasteiger partial charge on any atom is -0.495 e. The second-order valence-electron chi connectivity index (χ2n) is 4.13. The predicted molar refractivity (Wildman–Crippen MR) is 64.6 cm³/mol. The van der Waals surface area contributed by atoms with Crippen LogP contribution in [0, 0.1) is 0 Å².